The van der Waals surface area contributed by atoms with Crippen LogP contribution in [0, 0.1) is 0 Å². The first-order valence-electron chi connectivity index (χ1n) is 10.2. The number of nitrogen functional groups attached to an aromatic ring is 1. The summed E-state index contributed by atoms with van der Waals surface area (Å²) in [4.78, 5) is 5.62. The van der Waals surface area contributed by atoms with Crippen molar-refractivity contribution in [3.05, 3.63) is 17.5 Å². The van der Waals surface area contributed by atoms with Crippen LogP contribution in [0.2, 0.25) is 0 Å². The molecule has 176 valence electrons. The minimum atomic E-state index is -5.10. The van der Waals surface area contributed by atoms with Crippen LogP contribution < -0.4 is 10.6 Å². The number of alkyl halides is 6. The van der Waals surface area contributed by atoms with Crippen molar-refractivity contribution in [3.8, 4) is 11.6 Å². The summed E-state index contributed by atoms with van der Waals surface area (Å²) in [6.45, 7) is 0.354. The predicted octanol–water partition coefficient (Wildman–Crippen LogP) is 4.42. The predicted molar refractivity (Wildman–Crippen MR) is 100 cm³/mol. The van der Waals surface area contributed by atoms with Crippen molar-refractivity contribution < 1.29 is 35.9 Å². The molecule has 0 radical (unpaired) electrons. The maximum Gasteiger partial charge on any atom is 0.426 e. The molecule has 2 aliphatic rings. The van der Waals surface area contributed by atoms with Gasteiger partial charge >= 0.3 is 12.4 Å². The van der Waals surface area contributed by atoms with Gasteiger partial charge in [0.15, 0.2) is 5.69 Å². The molecule has 7 nitrogen and oxygen atoms in total. The molecule has 0 spiro atoms. The number of halogens is 6. The molecule has 4 bridgehead atoms. The van der Waals surface area contributed by atoms with E-state index in [1.807, 2.05) is 0 Å². The van der Waals surface area contributed by atoms with Crippen molar-refractivity contribution in [1.82, 2.24) is 15.2 Å². The number of hydrogen-bond donors (Lipinski definition) is 2. The van der Waals surface area contributed by atoms with Crippen molar-refractivity contribution in [2.75, 3.05) is 17.2 Å². The van der Waals surface area contributed by atoms with Crippen LogP contribution >= 0.6 is 0 Å². The lowest BCUT2D eigenvalue weighted by atomic mass is 9.94. The largest absolute Gasteiger partial charge is 0.426 e. The van der Waals surface area contributed by atoms with Gasteiger partial charge in [-0.15, -0.1) is 10.2 Å². The van der Waals surface area contributed by atoms with Crippen LogP contribution in [0.3, 0.4) is 0 Å². The fourth-order valence-electron chi connectivity index (χ4n) is 4.33. The number of fused-ring (bicyclic) bond motifs is 7. The zero-order valence-corrected chi connectivity index (χ0v) is 16.8. The van der Waals surface area contributed by atoms with E-state index in [1.54, 1.807) is 4.90 Å². The monoisotopic (exact) mass is 465 g/mol. The number of rotatable bonds is 0. The first-order valence-corrected chi connectivity index (χ1v) is 10.2. The van der Waals surface area contributed by atoms with E-state index in [0.29, 0.717) is 44.7 Å². The normalized spacial score (nSPS) is 24.8. The van der Waals surface area contributed by atoms with E-state index in [1.165, 1.54) is 0 Å². The highest BCUT2D eigenvalue weighted by Gasteiger charge is 2.58. The van der Waals surface area contributed by atoms with Crippen molar-refractivity contribution in [2.45, 2.75) is 68.9 Å². The Morgan fingerprint density at radius 2 is 1.78 bits per heavy atom. The average Bonchev–Trinajstić information content (AvgIpc) is 3.35. The highest BCUT2D eigenvalue weighted by atomic mass is 19.4. The van der Waals surface area contributed by atoms with E-state index in [2.05, 4.69) is 15.2 Å². The molecule has 3 N–H and O–H groups in total. The number of pyridine rings is 1. The number of nitrogens with two attached hydrogens (primary N) is 1. The molecule has 0 unspecified atom stereocenters. The Labute approximate surface area is 178 Å². The van der Waals surface area contributed by atoms with Crippen LogP contribution in [0.25, 0.3) is 11.6 Å². The van der Waals surface area contributed by atoms with Crippen molar-refractivity contribution >= 4 is 11.5 Å². The Morgan fingerprint density at radius 3 is 2.47 bits per heavy atom. The molecule has 2 aromatic heterocycles. The second kappa shape index (κ2) is 7.78. The Kier molecular flexibility index (Phi) is 5.50. The third-order valence-electron chi connectivity index (χ3n) is 6.01. The van der Waals surface area contributed by atoms with E-state index in [9.17, 15) is 31.4 Å². The summed E-state index contributed by atoms with van der Waals surface area (Å²) in [5, 5.41) is 17.2. The molecule has 2 aliphatic heterocycles. The third-order valence-corrected chi connectivity index (χ3v) is 6.01. The second-order valence-corrected chi connectivity index (χ2v) is 8.15. The first kappa shape index (κ1) is 22.6. The molecule has 0 aromatic carbocycles. The average molecular weight is 465 g/mol. The molecule has 4 rings (SSSR count). The maximum absolute atomic E-state index is 13.8. The zero-order chi connectivity index (χ0) is 23.3. The molecule has 2 aromatic rings. The minimum absolute atomic E-state index is 0.0138. The van der Waals surface area contributed by atoms with E-state index in [0.717, 1.165) is 0 Å². The molecule has 4 heterocycles. The van der Waals surface area contributed by atoms with Crippen LogP contribution in [0.4, 0.5) is 37.8 Å². The summed E-state index contributed by atoms with van der Waals surface area (Å²) < 4.78 is 87.4. The molecule has 0 aliphatic carbocycles. The van der Waals surface area contributed by atoms with Gasteiger partial charge in [-0.25, -0.2) is 4.98 Å². The van der Waals surface area contributed by atoms with Gasteiger partial charge in [0.2, 0.25) is 5.60 Å². The summed E-state index contributed by atoms with van der Waals surface area (Å²) in [6.07, 6.45) is -7.92. The number of hydrogen-bond acceptors (Lipinski definition) is 7. The summed E-state index contributed by atoms with van der Waals surface area (Å²) >= 11 is 0. The van der Waals surface area contributed by atoms with Gasteiger partial charge in [0, 0.05) is 12.6 Å². The summed E-state index contributed by atoms with van der Waals surface area (Å²) in [7, 11) is 0. The van der Waals surface area contributed by atoms with Gasteiger partial charge in [-0.3, -0.25) is 0 Å². The molecule has 32 heavy (non-hydrogen) atoms. The quantitative estimate of drug-likeness (QED) is 0.556. The van der Waals surface area contributed by atoms with Crippen molar-refractivity contribution in [3.63, 3.8) is 0 Å². The Bertz CT molecular complexity index is 992. The second-order valence-electron chi connectivity index (χ2n) is 8.15. The molecule has 0 saturated carbocycles. The highest BCUT2D eigenvalue weighted by Crippen LogP contribution is 2.45. The smallest absolute Gasteiger partial charge is 0.416 e. The van der Waals surface area contributed by atoms with E-state index >= 15 is 0 Å². The lowest BCUT2D eigenvalue weighted by Crippen LogP contribution is -2.42. The SMILES string of the molecule is Nc1cc(C(F)(F)F)c2nc1-c1nnc(o1)[C@](O)(C(F)(F)F)CCCCC[C@@H]1CCCN21. The van der Waals surface area contributed by atoms with Gasteiger partial charge in [-0.1, -0.05) is 12.8 Å². The van der Waals surface area contributed by atoms with E-state index in [-0.39, 0.29) is 24.0 Å². The first-order chi connectivity index (χ1) is 14.9. The fourth-order valence-corrected chi connectivity index (χ4v) is 4.33. The van der Waals surface area contributed by atoms with Gasteiger partial charge in [-0.05, 0) is 38.2 Å². The maximum atomic E-state index is 13.8. The molecular weight excluding hydrogens is 444 g/mol. The van der Waals surface area contributed by atoms with Gasteiger partial charge in [0.1, 0.15) is 11.4 Å². The number of nitrogens with zero attached hydrogens (tertiary/aromatic N) is 4. The Morgan fingerprint density at radius 1 is 1.06 bits per heavy atom. The summed E-state index contributed by atoms with van der Waals surface area (Å²) in [5.41, 5.74) is 0.505. The van der Waals surface area contributed by atoms with Gasteiger partial charge in [0.05, 0.1) is 5.69 Å². The zero-order valence-electron chi connectivity index (χ0n) is 16.8. The summed E-state index contributed by atoms with van der Waals surface area (Å²) in [5.74, 6) is -2.06. The molecular formula is C19H21F6N5O2. The van der Waals surface area contributed by atoms with Crippen molar-refractivity contribution in [1.29, 1.82) is 0 Å². The number of aliphatic hydroxyl groups is 1. The lowest BCUT2D eigenvalue weighted by molar-refractivity contribution is -0.277. The Hall–Kier alpha value is -2.57. The van der Waals surface area contributed by atoms with Crippen LogP contribution in [0.15, 0.2) is 10.5 Å². The molecule has 0 amide bonds. The fraction of sp³-hybridized carbons (Fsp3) is 0.632. The minimum Gasteiger partial charge on any atom is -0.416 e. The van der Waals surface area contributed by atoms with Gasteiger partial charge in [-0.2, -0.15) is 26.3 Å². The third kappa shape index (κ3) is 3.86. The number of aromatic nitrogens is 3. The summed E-state index contributed by atoms with van der Waals surface area (Å²) in [6, 6.07) is 0.432. The Balaban J connectivity index is 1.90. The van der Waals surface area contributed by atoms with Gasteiger partial charge < -0.3 is 20.2 Å². The molecule has 2 atom stereocenters. The van der Waals surface area contributed by atoms with Gasteiger partial charge in [0.25, 0.3) is 11.8 Å². The van der Waals surface area contributed by atoms with Crippen molar-refractivity contribution in [2.24, 2.45) is 0 Å². The van der Waals surface area contributed by atoms with Crippen LogP contribution in [-0.2, 0) is 11.8 Å². The number of anilines is 2. The van der Waals surface area contributed by atoms with E-state index < -0.39 is 47.4 Å². The standard InChI is InChI=1S/C19H21F6N5O2/c20-18(21,22)11-9-12(26)13-15-28-29-16(32-15)17(31,19(23,24)25)7-3-1-2-5-10-6-4-8-30(10)14(11)27-13/h9-10,31H,1-8,26H2/t10-,17+/m1/s1. The molecule has 1 saturated heterocycles. The van der Waals surface area contributed by atoms with E-state index in [4.69, 9.17) is 10.2 Å². The topological polar surface area (TPSA) is 101 Å². The van der Waals surface area contributed by atoms with Crippen LogP contribution in [-0.4, -0.2) is 39.1 Å². The van der Waals surface area contributed by atoms with Crippen LogP contribution in [0.1, 0.15) is 56.4 Å². The highest BCUT2D eigenvalue weighted by molar-refractivity contribution is 5.71. The molecule has 1 fully saturated rings. The lowest BCUT2D eigenvalue weighted by Gasteiger charge is -2.29. The van der Waals surface area contributed by atoms with Crippen LogP contribution in [0.5, 0.6) is 0 Å². The molecule has 13 heteroatoms.